The summed E-state index contributed by atoms with van der Waals surface area (Å²) in [5.41, 5.74) is 2.43. The Balaban J connectivity index is 1.43. The molecule has 2 aromatic heterocycles. The van der Waals surface area contributed by atoms with Gasteiger partial charge in [-0.05, 0) is 43.2 Å². The SMILES string of the molecule is CN(C(=O)c1cccc(OCc2cn3ccccc3n2)c1)C1CCCCC1. The molecule has 1 aliphatic carbocycles. The monoisotopic (exact) mass is 363 g/mol. The van der Waals surface area contributed by atoms with Crippen LogP contribution in [0, 0.1) is 0 Å². The van der Waals surface area contributed by atoms with Gasteiger partial charge in [-0.15, -0.1) is 0 Å². The maximum atomic E-state index is 12.8. The molecule has 140 valence electrons. The first kappa shape index (κ1) is 17.6. The number of hydrogen-bond donors (Lipinski definition) is 0. The third-order valence-corrected chi connectivity index (χ3v) is 5.32. The molecule has 0 spiro atoms. The summed E-state index contributed by atoms with van der Waals surface area (Å²) in [7, 11) is 1.92. The summed E-state index contributed by atoms with van der Waals surface area (Å²) in [5.74, 6) is 0.759. The summed E-state index contributed by atoms with van der Waals surface area (Å²) in [4.78, 5) is 19.3. The zero-order valence-electron chi connectivity index (χ0n) is 15.7. The van der Waals surface area contributed by atoms with Crippen LogP contribution in [-0.4, -0.2) is 33.3 Å². The zero-order chi connectivity index (χ0) is 18.6. The summed E-state index contributed by atoms with van der Waals surface area (Å²) in [5, 5.41) is 0. The van der Waals surface area contributed by atoms with Crippen molar-refractivity contribution in [1.82, 2.24) is 14.3 Å². The predicted octanol–water partition coefficient (Wildman–Crippen LogP) is 4.32. The van der Waals surface area contributed by atoms with Gasteiger partial charge < -0.3 is 14.0 Å². The summed E-state index contributed by atoms with van der Waals surface area (Å²) in [6.45, 7) is 0.373. The van der Waals surface area contributed by atoms with Crippen LogP contribution in [0.2, 0.25) is 0 Å². The van der Waals surface area contributed by atoms with Crippen LogP contribution < -0.4 is 4.74 Å². The number of ether oxygens (including phenoxy) is 1. The van der Waals surface area contributed by atoms with E-state index in [0.29, 0.717) is 24.0 Å². The Bertz CT molecular complexity index is 895. The number of rotatable bonds is 5. The number of carbonyl (C=O) groups is 1. The fourth-order valence-electron chi connectivity index (χ4n) is 3.77. The van der Waals surface area contributed by atoms with Crippen molar-refractivity contribution >= 4 is 11.6 Å². The summed E-state index contributed by atoms with van der Waals surface area (Å²) in [6, 6.07) is 13.7. The number of imidazole rings is 1. The van der Waals surface area contributed by atoms with Gasteiger partial charge in [-0.2, -0.15) is 0 Å². The lowest BCUT2D eigenvalue weighted by Crippen LogP contribution is -2.38. The van der Waals surface area contributed by atoms with E-state index in [1.807, 2.05) is 71.2 Å². The van der Waals surface area contributed by atoms with E-state index in [2.05, 4.69) is 4.98 Å². The highest BCUT2D eigenvalue weighted by Gasteiger charge is 2.23. The standard InChI is InChI=1S/C22H25N3O2/c1-24(19-9-3-2-4-10-19)22(26)17-8-7-11-20(14-17)27-16-18-15-25-13-6-5-12-21(25)23-18/h5-8,11-15,19H,2-4,9-10,16H2,1H3. The summed E-state index contributed by atoms with van der Waals surface area (Å²) < 4.78 is 7.86. The van der Waals surface area contributed by atoms with Gasteiger partial charge in [-0.1, -0.05) is 31.4 Å². The number of amides is 1. The van der Waals surface area contributed by atoms with Crippen molar-refractivity contribution < 1.29 is 9.53 Å². The molecule has 4 rings (SSSR count). The third kappa shape index (κ3) is 3.97. The van der Waals surface area contributed by atoms with E-state index in [0.717, 1.165) is 24.2 Å². The number of hydrogen-bond acceptors (Lipinski definition) is 3. The highest BCUT2D eigenvalue weighted by Crippen LogP contribution is 2.24. The van der Waals surface area contributed by atoms with Crippen LogP contribution in [0.5, 0.6) is 5.75 Å². The van der Waals surface area contributed by atoms with Crippen LogP contribution >= 0.6 is 0 Å². The van der Waals surface area contributed by atoms with Gasteiger partial charge in [0, 0.05) is 31.0 Å². The van der Waals surface area contributed by atoms with Crippen molar-refractivity contribution in [1.29, 1.82) is 0 Å². The lowest BCUT2D eigenvalue weighted by Gasteiger charge is -2.31. The molecule has 0 unspecified atom stereocenters. The quantitative estimate of drug-likeness (QED) is 0.678. The molecule has 0 saturated heterocycles. The fourth-order valence-corrected chi connectivity index (χ4v) is 3.77. The number of benzene rings is 1. The van der Waals surface area contributed by atoms with E-state index in [9.17, 15) is 4.79 Å². The molecular formula is C22H25N3O2. The van der Waals surface area contributed by atoms with Crippen molar-refractivity contribution in [3.05, 3.63) is 66.1 Å². The van der Waals surface area contributed by atoms with Crippen LogP contribution in [0.4, 0.5) is 0 Å². The first-order valence-electron chi connectivity index (χ1n) is 9.63. The largest absolute Gasteiger partial charge is 0.487 e. The molecule has 1 fully saturated rings. The topological polar surface area (TPSA) is 46.8 Å². The third-order valence-electron chi connectivity index (χ3n) is 5.32. The molecular weight excluding hydrogens is 338 g/mol. The van der Waals surface area contributed by atoms with Crippen molar-refractivity contribution in [2.24, 2.45) is 0 Å². The van der Waals surface area contributed by atoms with Gasteiger partial charge in [-0.3, -0.25) is 4.79 Å². The zero-order valence-corrected chi connectivity index (χ0v) is 15.7. The highest BCUT2D eigenvalue weighted by atomic mass is 16.5. The number of pyridine rings is 1. The van der Waals surface area contributed by atoms with Gasteiger partial charge >= 0.3 is 0 Å². The van der Waals surface area contributed by atoms with Gasteiger partial charge in [0.1, 0.15) is 18.0 Å². The minimum Gasteiger partial charge on any atom is -0.487 e. The van der Waals surface area contributed by atoms with Crippen LogP contribution in [-0.2, 0) is 6.61 Å². The fraction of sp³-hybridized carbons (Fsp3) is 0.364. The van der Waals surface area contributed by atoms with Crippen molar-refractivity contribution in [2.75, 3.05) is 7.05 Å². The Labute approximate surface area is 159 Å². The summed E-state index contributed by atoms with van der Waals surface area (Å²) in [6.07, 6.45) is 9.84. The van der Waals surface area contributed by atoms with Gasteiger partial charge in [0.25, 0.3) is 5.91 Å². The number of fused-ring (bicyclic) bond motifs is 1. The maximum Gasteiger partial charge on any atom is 0.253 e. The molecule has 0 bridgehead atoms. The summed E-state index contributed by atoms with van der Waals surface area (Å²) >= 11 is 0. The van der Waals surface area contributed by atoms with Crippen LogP contribution in [0.25, 0.3) is 5.65 Å². The lowest BCUT2D eigenvalue weighted by molar-refractivity contribution is 0.0695. The molecule has 5 nitrogen and oxygen atoms in total. The van der Waals surface area contributed by atoms with Crippen LogP contribution in [0.1, 0.15) is 48.2 Å². The number of carbonyl (C=O) groups excluding carboxylic acids is 1. The average molecular weight is 363 g/mol. The molecule has 0 radical (unpaired) electrons. The molecule has 1 aliphatic rings. The second-order valence-corrected chi connectivity index (χ2v) is 7.22. The minimum atomic E-state index is 0.0695. The van der Waals surface area contributed by atoms with E-state index in [1.54, 1.807) is 0 Å². The van der Waals surface area contributed by atoms with E-state index in [4.69, 9.17) is 4.74 Å². The Kier molecular flexibility index (Phi) is 5.10. The molecule has 27 heavy (non-hydrogen) atoms. The van der Waals surface area contributed by atoms with Crippen LogP contribution in [0.15, 0.2) is 54.9 Å². The van der Waals surface area contributed by atoms with Crippen LogP contribution in [0.3, 0.4) is 0 Å². The molecule has 0 atom stereocenters. The first-order chi connectivity index (χ1) is 13.2. The second-order valence-electron chi connectivity index (χ2n) is 7.22. The predicted molar refractivity (Wildman–Crippen MR) is 105 cm³/mol. The van der Waals surface area contributed by atoms with Crippen molar-refractivity contribution in [3.8, 4) is 5.75 Å². The Morgan fingerprint density at radius 1 is 1.19 bits per heavy atom. The van der Waals surface area contributed by atoms with Gasteiger partial charge in [0.15, 0.2) is 0 Å². The first-order valence-corrected chi connectivity index (χ1v) is 9.63. The van der Waals surface area contributed by atoms with Crippen molar-refractivity contribution in [3.63, 3.8) is 0 Å². The van der Waals surface area contributed by atoms with Crippen molar-refractivity contribution in [2.45, 2.75) is 44.8 Å². The molecule has 2 heterocycles. The molecule has 3 aromatic rings. The average Bonchev–Trinajstić information content (AvgIpc) is 3.15. The maximum absolute atomic E-state index is 12.8. The van der Waals surface area contributed by atoms with E-state index in [1.165, 1.54) is 19.3 Å². The van der Waals surface area contributed by atoms with Gasteiger partial charge in [0.2, 0.25) is 0 Å². The van der Waals surface area contributed by atoms with E-state index >= 15 is 0 Å². The molecule has 5 heteroatoms. The molecule has 0 aliphatic heterocycles. The van der Waals surface area contributed by atoms with E-state index in [-0.39, 0.29) is 5.91 Å². The number of nitrogens with zero attached hydrogens (tertiary/aromatic N) is 3. The molecule has 1 amide bonds. The Morgan fingerprint density at radius 2 is 2.04 bits per heavy atom. The normalized spacial score (nSPS) is 15.0. The lowest BCUT2D eigenvalue weighted by atomic mass is 9.94. The molecule has 1 aromatic carbocycles. The molecule has 0 N–H and O–H groups in total. The van der Waals surface area contributed by atoms with Gasteiger partial charge in [0.05, 0.1) is 5.69 Å². The smallest absolute Gasteiger partial charge is 0.253 e. The molecule has 1 saturated carbocycles. The Morgan fingerprint density at radius 3 is 2.85 bits per heavy atom. The van der Waals surface area contributed by atoms with E-state index < -0.39 is 0 Å². The number of aromatic nitrogens is 2. The minimum absolute atomic E-state index is 0.0695. The Hall–Kier alpha value is -2.82. The second kappa shape index (κ2) is 7.82. The van der Waals surface area contributed by atoms with Gasteiger partial charge in [-0.25, -0.2) is 4.98 Å². The highest BCUT2D eigenvalue weighted by molar-refractivity contribution is 5.94.